The van der Waals surface area contributed by atoms with E-state index >= 15 is 0 Å². The van der Waals surface area contributed by atoms with E-state index in [2.05, 4.69) is 16.0 Å². The summed E-state index contributed by atoms with van der Waals surface area (Å²) in [5, 5.41) is 24.5. The maximum atomic E-state index is 12.4. The Morgan fingerprint density at radius 1 is 0.815 bits per heavy atom. The van der Waals surface area contributed by atoms with Crippen molar-refractivity contribution in [2.75, 3.05) is 0 Å². The molecule has 0 bridgehead atoms. The quantitative estimate of drug-likeness (QED) is 0.244. The van der Waals surface area contributed by atoms with Crippen LogP contribution in [0.2, 0.25) is 0 Å². The number of hydrogen-bond donors (Lipinski definition) is 6. The predicted octanol–water partition coefficient (Wildman–Crippen LogP) is -1.59. The first kappa shape index (κ1) is 24.3. The second kappa shape index (κ2) is 11.1. The summed E-state index contributed by atoms with van der Waals surface area (Å²) < 4.78 is 0. The number of aliphatic carboxylic acids is 2. The maximum Gasteiger partial charge on any atom is 0.325 e. The molecule has 0 aromatic carbocycles. The van der Waals surface area contributed by atoms with Gasteiger partial charge in [0.05, 0.1) is 6.04 Å². The fraction of sp³-hybridized carbons (Fsp3) is 0.688. The highest BCUT2D eigenvalue weighted by molar-refractivity contribution is 5.94. The highest BCUT2D eigenvalue weighted by Crippen LogP contribution is 2.04. The zero-order chi connectivity index (χ0) is 21.3. The van der Waals surface area contributed by atoms with Gasteiger partial charge in [0.2, 0.25) is 17.7 Å². The molecule has 11 nitrogen and oxygen atoms in total. The minimum atomic E-state index is -1.22. The van der Waals surface area contributed by atoms with E-state index in [4.69, 9.17) is 15.9 Å². The monoisotopic (exact) mass is 388 g/mol. The molecule has 0 aliphatic rings. The van der Waals surface area contributed by atoms with E-state index in [-0.39, 0.29) is 18.8 Å². The Hall–Kier alpha value is -2.69. The predicted molar refractivity (Wildman–Crippen MR) is 94.5 cm³/mol. The second-order valence-electron chi connectivity index (χ2n) is 6.57. The lowest BCUT2D eigenvalue weighted by Gasteiger charge is -2.25. The molecular formula is C16H28N4O7. The summed E-state index contributed by atoms with van der Waals surface area (Å²) in [7, 11) is 0. The standard InChI is InChI=1S/C16H28N4O7/c1-7(2)12(20-14(24)10(17)5-6-11(21)22)15(25)18-8(3)13(23)19-9(4)16(26)27/h7-10,12H,5-6,17H2,1-4H3,(H,18,25)(H,19,23)(H,20,24)(H,21,22)(H,26,27). The number of carbonyl (C=O) groups is 5. The molecule has 154 valence electrons. The van der Waals surface area contributed by atoms with E-state index in [1.54, 1.807) is 13.8 Å². The van der Waals surface area contributed by atoms with E-state index in [9.17, 15) is 24.0 Å². The minimum Gasteiger partial charge on any atom is -0.481 e. The van der Waals surface area contributed by atoms with Crippen molar-refractivity contribution >= 4 is 29.7 Å². The summed E-state index contributed by atoms with van der Waals surface area (Å²) in [4.78, 5) is 57.7. The van der Waals surface area contributed by atoms with E-state index in [0.29, 0.717) is 0 Å². The Kier molecular flexibility index (Phi) is 10.0. The van der Waals surface area contributed by atoms with Gasteiger partial charge < -0.3 is 31.9 Å². The normalized spacial score (nSPS) is 15.2. The van der Waals surface area contributed by atoms with Crippen LogP contribution in [0.5, 0.6) is 0 Å². The molecular weight excluding hydrogens is 360 g/mol. The van der Waals surface area contributed by atoms with Crippen LogP contribution in [0, 0.1) is 5.92 Å². The van der Waals surface area contributed by atoms with Gasteiger partial charge in [-0.05, 0) is 26.2 Å². The van der Waals surface area contributed by atoms with Gasteiger partial charge in [-0.15, -0.1) is 0 Å². The Morgan fingerprint density at radius 3 is 1.78 bits per heavy atom. The Morgan fingerprint density at radius 2 is 1.33 bits per heavy atom. The molecule has 0 aromatic rings. The van der Waals surface area contributed by atoms with Crippen molar-refractivity contribution in [3.05, 3.63) is 0 Å². The van der Waals surface area contributed by atoms with Crippen molar-refractivity contribution in [1.82, 2.24) is 16.0 Å². The highest BCUT2D eigenvalue weighted by Gasteiger charge is 2.29. The number of nitrogens with two attached hydrogens (primary N) is 1. The molecule has 7 N–H and O–H groups in total. The first-order valence-electron chi connectivity index (χ1n) is 8.48. The smallest absolute Gasteiger partial charge is 0.325 e. The van der Waals surface area contributed by atoms with Crippen molar-refractivity contribution in [2.24, 2.45) is 11.7 Å². The number of carboxylic acid groups (broad SMARTS) is 2. The first-order valence-corrected chi connectivity index (χ1v) is 8.48. The van der Waals surface area contributed by atoms with Gasteiger partial charge >= 0.3 is 11.9 Å². The molecule has 27 heavy (non-hydrogen) atoms. The third-order valence-electron chi connectivity index (χ3n) is 3.73. The van der Waals surface area contributed by atoms with E-state index < -0.39 is 53.8 Å². The summed E-state index contributed by atoms with van der Waals surface area (Å²) in [5.74, 6) is -4.66. The van der Waals surface area contributed by atoms with Crippen LogP contribution in [-0.4, -0.2) is 64.0 Å². The number of carbonyl (C=O) groups excluding carboxylic acids is 3. The lowest BCUT2D eigenvalue weighted by atomic mass is 10.0. The third-order valence-corrected chi connectivity index (χ3v) is 3.73. The molecule has 0 aliphatic carbocycles. The zero-order valence-corrected chi connectivity index (χ0v) is 15.8. The molecule has 0 rings (SSSR count). The summed E-state index contributed by atoms with van der Waals surface area (Å²) >= 11 is 0. The number of rotatable bonds is 11. The molecule has 0 aliphatic heterocycles. The van der Waals surface area contributed by atoms with Crippen molar-refractivity contribution in [3.63, 3.8) is 0 Å². The number of nitrogens with one attached hydrogen (secondary N) is 3. The number of amides is 3. The van der Waals surface area contributed by atoms with Crippen molar-refractivity contribution in [1.29, 1.82) is 0 Å². The molecule has 0 heterocycles. The van der Waals surface area contributed by atoms with Gasteiger partial charge in [-0.2, -0.15) is 0 Å². The van der Waals surface area contributed by atoms with Crippen molar-refractivity contribution in [3.8, 4) is 0 Å². The van der Waals surface area contributed by atoms with Crippen LogP contribution in [0.15, 0.2) is 0 Å². The zero-order valence-electron chi connectivity index (χ0n) is 15.8. The van der Waals surface area contributed by atoms with Gasteiger partial charge in [-0.25, -0.2) is 0 Å². The van der Waals surface area contributed by atoms with Crippen LogP contribution in [0.3, 0.4) is 0 Å². The van der Waals surface area contributed by atoms with Crippen LogP contribution < -0.4 is 21.7 Å². The van der Waals surface area contributed by atoms with E-state index in [1.165, 1.54) is 13.8 Å². The van der Waals surface area contributed by atoms with E-state index in [1.807, 2.05) is 0 Å². The number of carboxylic acids is 2. The lowest BCUT2D eigenvalue weighted by Crippen LogP contribution is -2.57. The van der Waals surface area contributed by atoms with Crippen LogP contribution in [-0.2, 0) is 24.0 Å². The Bertz CT molecular complexity index is 579. The lowest BCUT2D eigenvalue weighted by molar-refractivity contribution is -0.142. The topological polar surface area (TPSA) is 188 Å². The maximum absolute atomic E-state index is 12.4. The second-order valence-corrected chi connectivity index (χ2v) is 6.57. The molecule has 4 unspecified atom stereocenters. The summed E-state index contributed by atoms with van der Waals surface area (Å²) in [6.07, 6.45) is -0.369. The molecule has 0 spiro atoms. The SMILES string of the molecule is CC(NC(=O)C(C)NC(=O)C(NC(=O)C(N)CCC(=O)O)C(C)C)C(=O)O. The molecule has 0 fully saturated rings. The fourth-order valence-corrected chi connectivity index (χ4v) is 1.97. The summed E-state index contributed by atoms with van der Waals surface area (Å²) in [6.45, 7) is 6.00. The molecule has 4 atom stereocenters. The van der Waals surface area contributed by atoms with E-state index in [0.717, 1.165) is 0 Å². The minimum absolute atomic E-state index is 0.0838. The molecule has 0 saturated carbocycles. The average Bonchev–Trinajstić information content (AvgIpc) is 2.56. The van der Waals surface area contributed by atoms with Gasteiger partial charge in [0.25, 0.3) is 0 Å². The van der Waals surface area contributed by atoms with Gasteiger partial charge in [0.1, 0.15) is 18.1 Å². The van der Waals surface area contributed by atoms with Gasteiger partial charge in [0.15, 0.2) is 0 Å². The summed E-state index contributed by atoms with van der Waals surface area (Å²) in [6, 6.07) is -4.24. The average molecular weight is 388 g/mol. The van der Waals surface area contributed by atoms with Gasteiger partial charge in [-0.3, -0.25) is 24.0 Å². The van der Waals surface area contributed by atoms with Crippen molar-refractivity contribution < 1.29 is 34.2 Å². The number of hydrogen-bond acceptors (Lipinski definition) is 6. The summed E-state index contributed by atoms with van der Waals surface area (Å²) in [5.41, 5.74) is 5.62. The van der Waals surface area contributed by atoms with Crippen LogP contribution in [0.1, 0.15) is 40.5 Å². The Balaban J connectivity index is 4.83. The van der Waals surface area contributed by atoms with Crippen LogP contribution >= 0.6 is 0 Å². The fourth-order valence-electron chi connectivity index (χ4n) is 1.97. The molecule has 0 radical (unpaired) electrons. The molecule has 0 aromatic heterocycles. The van der Waals surface area contributed by atoms with Crippen molar-refractivity contribution in [2.45, 2.75) is 64.7 Å². The highest BCUT2D eigenvalue weighted by atomic mass is 16.4. The van der Waals surface area contributed by atoms with Crippen LogP contribution in [0.25, 0.3) is 0 Å². The third kappa shape index (κ3) is 8.99. The molecule has 3 amide bonds. The van der Waals surface area contributed by atoms with Gasteiger partial charge in [0, 0.05) is 6.42 Å². The Labute approximate surface area is 157 Å². The molecule has 11 heteroatoms. The van der Waals surface area contributed by atoms with Crippen LogP contribution in [0.4, 0.5) is 0 Å². The molecule has 0 saturated heterocycles. The largest absolute Gasteiger partial charge is 0.481 e. The first-order chi connectivity index (χ1) is 12.4. The van der Waals surface area contributed by atoms with Gasteiger partial charge in [-0.1, -0.05) is 13.8 Å².